The van der Waals surface area contributed by atoms with Gasteiger partial charge in [0.25, 0.3) is 0 Å². The molecule has 1 nitrogen and oxygen atoms in total. The van der Waals surface area contributed by atoms with Crippen LogP contribution in [0.5, 0.6) is 0 Å². The minimum atomic E-state index is 0.828. The predicted molar refractivity (Wildman–Crippen MR) is 64.8 cm³/mol. The number of hydrogen-bond donors (Lipinski definition) is 1. The fourth-order valence-corrected chi connectivity index (χ4v) is 2.35. The van der Waals surface area contributed by atoms with E-state index in [1.54, 1.807) is 0 Å². The largest absolute Gasteiger partial charge is 0.330 e. The van der Waals surface area contributed by atoms with Gasteiger partial charge in [-0.05, 0) is 44.2 Å². The lowest BCUT2D eigenvalue weighted by atomic mass is 10.2. The monoisotopic (exact) mass is 209 g/mol. The van der Waals surface area contributed by atoms with Crippen LogP contribution in [0.25, 0.3) is 0 Å². The van der Waals surface area contributed by atoms with E-state index in [0.29, 0.717) is 0 Å². The third-order valence-electron chi connectivity index (χ3n) is 2.11. The molecule has 0 bridgehead atoms. The molecule has 0 spiro atoms. The number of thioether (sulfide) groups is 1. The molecule has 0 atom stereocenters. The molecule has 0 aromatic heterocycles. The van der Waals surface area contributed by atoms with Crippen molar-refractivity contribution < 1.29 is 0 Å². The number of nitrogens with two attached hydrogens (primary N) is 1. The van der Waals surface area contributed by atoms with Crippen LogP contribution in [-0.4, -0.2) is 12.3 Å². The minimum Gasteiger partial charge on any atom is -0.330 e. The Bertz CT molecular complexity index is 260. The Morgan fingerprint density at radius 2 is 2.07 bits per heavy atom. The Labute approximate surface area is 91.1 Å². The van der Waals surface area contributed by atoms with Crippen LogP contribution in [0.3, 0.4) is 0 Å². The molecule has 0 amide bonds. The van der Waals surface area contributed by atoms with E-state index >= 15 is 0 Å². The van der Waals surface area contributed by atoms with Crippen LogP contribution in [-0.2, 0) is 0 Å². The third kappa shape index (κ3) is 4.68. The van der Waals surface area contributed by atoms with Crippen molar-refractivity contribution in [3.8, 4) is 0 Å². The minimum absolute atomic E-state index is 0.828. The summed E-state index contributed by atoms with van der Waals surface area (Å²) >= 11 is 1.94. The summed E-state index contributed by atoms with van der Waals surface area (Å²) in [6.07, 6.45) is 3.69. The highest BCUT2D eigenvalue weighted by molar-refractivity contribution is 7.99. The number of rotatable bonds is 6. The molecule has 0 saturated heterocycles. The molecule has 0 aliphatic rings. The summed E-state index contributed by atoms with van der Waals surface area (Å²) in [5.74, 6) is 1.21. The van der Waals surface area contributed by atoms with Gasteiger partial charge in [0, 0.05) is 4.90 Å². The fourth-order valence-electron chi connectivity index (χ4n) is 1.32. The summed E-state index contributed by atoms with van der Waals surface area (Å²) < 4.78 is 0. The van der Waals surface area contributed by atoms with E-state index in [1.165, 1.54) is 29.1 Å². The van der Waals surface area contributed by atoms with Gasteiger partial charge in [0.15, 0.2) is 0 Å². The van der Waals surface area contributed by atoms with Crippen molar-refractivity contribution in [2.75, 3.05) is 12.3 Å². The number of benzene rings is 1. The summed E-state index contributed by atoms with van der Waals surface area (Å²) in [7, 11) is 0. The molecule has 0 aliphatic carbocycles. The van der Waals surface area contributed by atoms with Crippen LogP contribution in [0.2, 0.25) is 0 Å². The Hall–Kier alpha value is -0.470. The van der Waals surface area contributed by atoms with E-state index < -0.39 is 0 Å². The van der Waals surface area contributed by atoms with Gasteiger partial charge >= 0.3 is 0 Å². The molecule has 0 heterocycles. The van der Waals surface area contributed by atoms with Crippen molar-refractivity contribution in [2.45, 2.75) is 31.1 Å². The van der Waals surface area contributed by atoms with Crippen LogP contribution in [0.15, 0.2) is 29.2 Å². The summed E-state index contributed by atoms with van der Waals surface area (Å²) in [6, 6.07) is 8.68. The SMILES string of the molecule is Cc1cccc(SCCCCCN)c1. The first-order chi connectivity index (χ1) is 6.83. The van der Waals surface area contributed by atoms with E-state index in [-0.39, 0.29) is 0 Å². The lowest BCUT2D eigenvalue weighted by molar-refractivity contribution is 0.732. The summed E-state index contributed by atoms with van der Waals surface area (Å²) in [4.78, 5) is 1.39. The van der Waals surface area contributed by atoms with E-state index in [1.807, 2.05) is 11.8 Å². The Balaban J connectivity index is 2.18. The topological polar surface area (TPSA) is 26.0 Å². The van der Waals surface area contributed by atoms with E-state index in [9.17, 15) is 0 Å². The molecule has 0 aliphatic heterocycles. The second kappa shape index (κ2) is 6.91. The average molecular weight is 209 g/mol. The molecule has 0 radical (unpaired) electrons. The molecule has 0 fully saturated rings. The van der Waals surface area contributed by atoms with Crippen LogP contribution >= 0.6 is 11.8 Å². The maximum absolute atomic E-state index is 5.43. The summed E-state index contributed by atoms with van der Waals surface area (Å²) in [6.45, 7) is 2.97. The molecule has 1 aromatic carbocycles. The molecule has 2 heteroatoms. The molecule has 1 rings (SSSR count). The molecule has 0 saturated carbocycles. The zero-order valence-corrected chi connectivity index (χ0v) is 9.65. The molecular formula is C12H19NS. The van der Waals surface area contributed by atoms with Gasteiger partial charge in [0.05, 0.1) is 0 Å². The zero-order valence-electron chi connectivity index (χ0n) is 8.83. The maximum atomic E-state index is 5.43. The molecule has 0 unspecified atom stereocenters. The van der Waals surface area contributed by atoms with Crippen molar-refractivity contribution in [1.82, 2.24) is 0 Å². The lowest BCUT2D eigenvalue weighted by Crippen LogP contribution is -1.97. The molecule has 1 aromatic rings. The Kier molecular flexibility index (Phi) is 5.72. The van der Waals surface area contributed by atoms with Crippen molar-refractivity contribution in [3.05, 3.63) is 29.8 Å². The molecule has 14 heavy (non-hydrogen) atoms. The van der Waals surface area contributed by atoms with Crippen LogP contribution in [0, 0.1) is 6.92 Å². The smallest absolute Gasteiger partial charge is 0.00745 e. The number of unbranched alkanes of at least 4 members (excludes halogenated alkanes) is 2. The van der Waals surface area contributed by atoms with Crippen molar-refractivity contribution in [2.24, 2.45) is 5.73 Å². The Morgan fingerprint density at radius 1 is 1.21 bits per heavy atom. The van der Waals surface area contributed by atoms with Gasteiger partial charge in [-0.1, -0.05) is 24.1 Å². The standard InChI is InChI=1S/C12H19NS/c1-11-6-5-7-12(10-11)14-9-4-2-3-8-13/h5-7,10H,2-4,8-9,13H2,1H3. The van der Waals surface area contributed by atoms with E-state index in [2.05, 4.69) is 31.2 Å². The van der Waals surface area contributed by atoms with Gasteiger partial charge in [0.2, 0.25) is 0 Å². The highest BCUT2D eigenvalue weighted by atomic mass is 32.2. The second-order valence-corrected chi connectivity index (χ2v) is 4.68. The summed E-state index contributed by atoms with van der Waals surface area (Å²) in [5.41, 5.74) is 6.78. The van der Waals surface area contributed by atoms with E-state index in [4.69, 9.17) is 5.73 Å². The van der Waals surface area contributed by atoms with Crippen LogP contribution in [0.4, 0.5) is 0 Å². The van der Waals surface area contributed by atoms with Crippen LogP contribution in [0.1, 0.15) is 24.8 Å². The van der Waals surface area contributed by atoms with Crippen molar-refractivity contribution >= 4 is 11.8 Å². The van der Waals surface area contributed by atoms with Gasteiger partial charge < -0.3 is 5.73 Å². The molecule has 2 N–H and O–H groups in total. The first kappa shape index (κ1) is 11.6. The quantitative estimate of drug-likeness (QED) is 0.575. The van der Waals surface area contributed by atoms with Gasteiger partial charge in [-0.2, -0.15) is 0 Å². The van der Waals surface area contributed by atoms with Gasteiger partial charge in [-0.15, -0.1) is 11.8 Å². The number of aryl methyl sites for hydroxylation is 1. The maximum Gasteiger partial charge on any atom is 0.00745 e. The first-order valence-electron chi connectivity index (χ1n) is 5.22. The lowest BCUT2D eigenvalue weighted by Gasteiger charge is -2.02. The number of hydrogen-bond acceptors (Lipinski definition) is 2. The Morgan fingerprint density at radius 3 is 2.79 bits per heavy atom. The van der Waals surface area contributed by atoms with Gasteiger partial charge in [-0.3, -0.25) is 0 Å². The van der Waals surface area contributed by atoms with Gasteiger partial charge in [0.1, 0.15) is 0 Å². The average Bonchev–Trinajstić information content (AvgIpc) is 2.18. The summed E-state index contributed by atoms with van der Waals surface area (Å²) in [5, 5.41) is 0. The van der Waals surface area contributed by atoms with Crippen molar-refractivity contribution in [3.63, 3.8) is 0 Å². The van der Waals surface area contributed by atoms with Gasteiger partial charge in [-0.25, -0.2) is 0 Å². The first-order valence-corrected chi connectivity index (χ1v) is 6.21. The zero-order chi connectivity index (χ0) is 10.2. The normalized spacial score (nSPS) is 10.4. The van der Waals surface area contributed by atoms with E-state index in [0.717, 1.165) is 13.0 Å². The van der Waals surface area contributed by atoms with Crippen LogP contribution < -0.4 is 5.73 Å². The highest BCUT2D eigenvalue weighted by Crippen LogP contribution is 2.20. The molecule has 78 valence electrons. The third-order valence-corrected chi connectivity index (χ3v) is 3.19. The predicted octanol–water partition coefficient (Wildman–Crippen LogP) is 3.22. The fraction of sp³-hybridized carbons (Fsp3) is 0.500. The second-order valence-electron chi connectivity index (χ2n) is 3.51. The highest BCUT2D eigenvalue weighted by Gasteiger charge is 1.94. The molecular weight excluding hydrogens is 190 g/mol. The van der Waals surface area contributed by atoms with Crippen molar-refractivity contribution in [1.29, 1.82) is 0 Å².